The number of carbonyl (C=O) groups is 2. The Labute approximate surface area is 166 Å². The molecule has 1 aromatic heterocycles. The first-order valence-electron chi connectivity index (χ1n) is 8.78. The van der Waals surface area contributed by atoms with Crippen LogP contribution in [0.4, 0.5) is 5.69 Å². The highest BCUT2D eigenvalue weighted by Crippen LogP contribution is 2.38. The van der Waals surface area contributed by atoms with Crippen molar-refractivity contribution in [3.63, 3.8) is 0 Å². The summed E-state index contributed by atoms with van der Waals surface area (Å²) in [5, 5.41) is 1.21. The molecule has 0 N–H and O–H groups in total. The molecule has 0 saturated heterocycles. The average Bonchev–Trinajstić information content (AvgIpc) is 2.96. The molecule has 4 rings (SSSR count). The summed E-state index contributed by atoms with van der Waals surface area (Å²) >= 11 is 6.22. The number of hydrogen-bond acceptors (Lipinski definition) is 5. The van der Waals surface area contributed by atoms with E-state index in [0.29, 0.717) is 34.1 Å². The van der Waals surface area contributed by atoms with Crippen molar-refractivity contribution < 1.29 is 19.1 Å². The van der Waals surface area contributed by atoms with Gasteiger partial charge in [0.05, 0.1) is 42.1 Å². The molecule has 2 aromatic carbocycles. The fourth-order valence-electron chi connectivity index (χ4n) is 3.37. The van der Waals surface area contributed by atoms with Gasteiger partial charge in [-0.2, -0.15) is 0 Å². The topological polar surface area (TPSA) is 68.7 Å². The Morgan fingerprint density at radius 2 is 2.04 bits per heavy atom. The molecule has 6 nitrogen and oxygen atoms in total. The van der Waals surface area contributed by atoms with E-state index in [1.807, 2.05) is 6.07 Å². The van der Waals surface area contributed by atoms with E-state index in [1.54, 1.807) is 55.3 Å². The van der Waals surface area contributed by atoms with Gasteiger partial charge in [0.2, 0.25) is 0 Å². The van der Waals surface area contributed by atoms with Crippen molar-refractivity contribution in [1.29, 1.82) is 0 Å². The molecule has 0 saturated carbocycles. The van der Waals surface area contributed by atoms with Crippen LogP contribution in [0, 0.1) is 0 Å². The minimum atomic E-state index is -0.516. The van der Waals surface area contributed by atoms with E-state index in [4.69, 9.17) is 21.1 Å². The predicted molar refractivity (Wildman–Crippen MR) is 106 cm³/mol. The van der Waals surface area contributed by atoms with Crippen LogP contribution < -0.4 is 9.64 Å². The second-order valence-electron chi connectivity index (χ2n) is 6.31. The Hall–Kier alpha value is -3.12. The molecule has 0 fully saturated rings. The van der Waals surface area contributed by atoms with E-state index in [2.05, 4.69) is 4.98 Å². The number of halogens is 1. The van der Waals surface area contributed by atoms with Gasteiger partial charge in [-0.05, 0) is 42.8 Å². The minimum Gasteiger partial charge on any atom is -0.495 e. The van der Waals surface area contributed by atoms with Crippen molar-refractivity contribution in [3.8, 4) is 5.75 Å². The Balaban J connectivity index is 1.79. The molecule has 0 unspecified atom stereocenters. The summed E-state index contributed by atoms with van der Waals surface area (Å²) in [6.07, 6.45) is 0. The number of anilines is 1. The maximum Gasteiger partial charge on any atom is 0.357 e. The summed E-state index contributed by atoms with van der Waals surface area (Å²) in [4.78, 5) is 31.2. The number of ether oxygens (including phenoxy) is 2. The largest absolute Gasteiger partial charge is 0.495 e. The number of methoxy groups -OCH3 is 1. The summed E-state index contributed by atoms with van der Waals surface area (Å²) in [6, 6.07) is 12.3. The molecule has 3 aromatic rings. The smallest absolute Gasteiger partial charge is 0.357 e. The highest BCUT2D eigenvalue weighted by molar-refractivity contribution is 6.32. The first-order valence-corrected chi connectivity index (χ1v) is 9.16. The highest BCUT2D eigenvalue weighted by atomic mass is 35.5. The van der Waals surface area contributed by atoms with Crippen LogP contribution in [0.2, 0.25) is 5.02 Å². The van der Waals surface area contributed by atoms with Gasteiger partial charge in [0.15, 0.2) is 5.69 Å². The number of aromatic nitrogens is 1. The van der Waals surface area contributed by atoms with Gasteiger partial charge in [-0.1, -0.05) is 23.7 Å². The molecule has 0 atom stereocenters. The molecule has 1 amide bonds. The van der Waals surface area contributed by atoms with Crippen LogP contribution in [0.15, 0.2) is 42.5 Å². The zero-order valence-electron chi connectivity index (χ0n) is 15.4. The van der Waals surface area contributed by atoms with E-state index >= 15 is 0 Å². The molecular formula is C21H17ClN2O4. The maximum absolute atomic E-state index is 13.0. The lowest BCUT2D eigenvalue weighted by Gasteiger charge is -2.19. The monoisotopic (exact) mass is 396 g/mol. The summed E-state index contributed by atoms with van der Waals surface area (Å²) in [7, 11) is 1.55. The van der Waals surface area contributed by atoms with Crippen molar-refractivity contribution in [1.82, 2.24) is 4.98 Å². The van der Waals surface area contributed by atoms with Gasteiger partial charge in [-0.3, -0.25) is 4.79 Å². The lowest BCUT2D eigenvalue weighted by atomic mass is 10.1. The van der Waals surface area contributed by atoms with Crippen molar-refractivity contribution in [2.24, 2.45) is 0 Å². The molecule has 0 radical (unpaired) electrons. The van der Waals surface area contributed by atoms with Crippen LogP contribution in [0.5, 0.6) is 5.75 Å². The SMILES string of the molecule is CCOC(=O)c1cc2c3c(cccc3n1)C(=O)N2Cc1ccc(OC)c(Cl)c1. The normalized spacial score (nSPS) is 12.5. The molecule has 0 bridgehead atoms. The molecule has 1 aliphatic heterocycles. The quantitative estimate of drug-likeness (QED) is 0.603. The number of esters is 1. The number of rotatable bonds is 5. The van der Waals surface area contributed by atoms with Gasteiger partial charge in [0.1, 0.15) is 5.75 Å². The van der Waals surface area contributed by atoms with Gasteiger partial charge in [0, 0.05) is 5.39 Å². The fraction of sp³-hybridized carbons (Fsp3) is 0.190. The highest BCUT2D eigenvalue weighted by Gasteiger charge is 2.32. The van der Waals surface area contributed by atoms with Gasteiger partial charge < -0.3 is 14.4 Å². The van der Waals surface area contributed by atoms with Gasteiger partial charge in [-0.15, -0.1) is 0 Å². The number of pyridine rings is 1. The minimum absolute atomic E-state index is 0.143. The number of hydrogen-bond donors (Lipinski definition) is 0. The molecule has 2 heterocycles. The van der Waals surface area contributed by atoms with E-state index < -0.39 is 5.97 Å². The fourth-order valence-corrected chi connectivity index (χ4v) is 3.65. The molecule has 142 valence electrons. The third-order valence-electron chi connectivity index (χ3n) is 4.62. The van der Waals surface area contributed by atoms with E-state index in [-0.39, 0.29) is 18.2 Å². The second-order valence-corrected chi connectivity index (χ2v) is 6.71. The molecule has 28 heavy (non-hydrogen) atoms. The summed E-state index contributed by atoms with van der Waals surface area (Å²) in [5.41, 5.74) is 2.81. The third kappa shape index (κ3) is 2.96. The van der Waals surface area contributed by atoms with Crippen LogP contribution in [0.3, 0.4) is 0 Å². The lowest BCUT2D eigenvalue weighted by molar-refractivity contribution is 0.0519. The zero-order chi connectivity index (χ0) is 19.8. The summed E-state index contributed by atoms with van der Waals surface area (Å²) < 4.78 is 10.3. The van der Waals surface area contributed by atoms with Crippen LogP contribution in [0.25, 0.3) is 10.9 Å². The van der Waals surface area contributed by atoms with Crippen LogP contribution in [-0.2, 0) is 11.3 Å². The first kappa shape index (κ1) is 18.3. The Bertz CT molecular complexity index is 1110. The van der Waals surface area contributed by atoms with Crippen molar-refractivity contribution in [3.05, 3.63) is 64.3 Å². The predicted octanol–water partition coefficient (Wildman–Crippen LogP) is 4.23. The average molecular weight is 397 g/mol. The summed E-state index contributed by atoms with van der Waals surface area (Å²) in [6.45, 7) is 2.29. The van der Waals surface area contributed by atoms with Gasteiger partial charge in [0.25, 0.3) is 5.91 Å². The van der Waals surface area contributed by atoms with Crippen LogP contribution in [0.1, 0.15) is 33.3 Å². The van der Waals surface area contributed by atoms with Crippen molar-refractivity contribution in [2.75, 3.05) is 18.6 Å². The summed E-state index contributed by atoms with van der Waals surface area (Å²) in [5.74, 6) is -0.0921. The second kappa shape index (κ2) is 7.13. The van der Waals surface area contributed by atoms with Gasteiger partial charge >= 0.3 is 5.97 Å². The first-order chi connectivity index (χ1) is 13.5. The number of carbonyl (C=O) groups excluding carboxylic acids is 2. The van der Waals surface area contributed by atoms with Crippen molar-refractivity contribution >= 4 is 40.1 Å². The standard InChI is InChI=1S/C21H17ClN2O4/c1-3-28-21(26)16-10-17-19-13(5-4-6-15(19)23-16)20(25)24(17)11-12-7-8-18(27-2)14(22)9-12/h4-10H,3,11H2,1-2H3. The van der Waals surface area contributed by atoms with Gasteiger partial charge in [-0.25, -0.2) is 9.78 Å². The van der Waals surface area contributed by atoms with E-state index in [1.165, 1.54) is 0 Å². The van der Waals surface area contributed by atoms with E-state index in [9.17, 15) is 9.59 Å². The van der Waals surface area contributed by atoms with Crippen LogP contribution in [-0.4, -0.2) is 30.6 Å². The Morgan fingerprint density at radius 3 is 2.75 bits per heavy atom. The third-order valence-corrected chi connectivity index (χ3v) is 4.92. The Kier molecular flexibility index (Phi) is 4.65. The molecule has 0 aliphatic carbocycles. The lowest BCUT2D eigenvalue weighted by Crippen LogP contribution is -2.26. The van der Waals surface area contributed by atoms with Crippen molar-refractivity contribution in [2.45, 2.75) is 13.5 Å². The van der Waals surface area contributed by atoms with Crippen LogP contribution >= 0.6 is 11.6 Å². The molecule has 7 heteroatoms. The zero-order valence-corrected chi connectivity index (χ0v) is 16.1. The number of benzene rings is 2. The molecule has 1 aliphatic rings. The number of amides is 1. The molecular weight excluding hydrogens is 380 g/mol. The maximum atomic E-state index is 13.0. The molecule has 0 spiro atoms. The Morgan fingerprint density at radius 1 is 1.21 bits per heavy atom. The van der Waals surface area contributed by atoms with E-state index in [0.717, 1.165) is 10.9 Å². The number of nitrogens with zero attached hydrogens (tertiary/aromatic N) is 2.